The zero-order valence-electron chi connectivity index (χ0n) is 9.83. The fourth-order valence-corrected chi connectivity index (χ4v) is 2.45. The van der Waals surface area contributed by atoms with Crippen molar-refractivity contribution in [1.82, 2.24) is 0 Å². The summed E-state index contributed by atoms with van der Waals surface area (Å²) in [6.07, 6.45) is 12.5. The number of rotatable bonds is 1. The van der Waals surface area contributed by atoms with Crippen molar-refractivity contribution in [2.24, 2.45) is 5.92 Å². The highest BCUT2D eigenvalue weighted by atomic mass is 16.3. The number of hydrogen-bond donors (Lipinski definition) is 2. The van der Waals surface area contributed by atoms with E-state index in [1.807, 2.05) is 0 Å². The maximum atomic E-state index is 8.91. The van der Waals surface area contributed by atoms with Crippen LogP contribution in [0, 0.1) is 5.92 Å². The van der Waals surface area contributed by atoms with E-state index in [4.69, 9.17) is 10.2 Å². The summed E-state index contributed by atoms with van der Waals surface area (Å²) in [4.78, 5) is 0. The second-order valence-electron chi connectivity index (χ2n) is 4.98. The first-order chi connectivity index (χ1) is 7.33. The number of aliphatic hydroxyl groups is 2. The van der Waals surface area contributed by atoms with E-state index in [2.05, 4.69) is 0 Å². The Morgan fingerprint density at radius 1 is 0.733 bits per heavy atom. The smallest absolute Gasteiger partial charge is 0.0540 e. The SMILES string of the molecule is OC1CCCCC1.OCC1CCCCC1. The van der Waals surface area contributed by atoms with Crippen molar-refractivity contribution >= 4 is 0 Å². The van der Waals surface area contributed by atoms with E-state index in [9.17, 15) is 0 Å². The van der Waals surface area contributed by atoms with Gasteiger partial charge in [0, 0.05) is 6.61 Å². The van der Waals surface area contributed by atoms with Gasteiger partial charge in [0.25, 0.3) is 0 Å². The first kappa shape index (κ1) is 13.0. The van der Waals surface area contributed by atoms with Crippen LogP contribution < -0.4 is 0 Å². The predicted octanol–water partition coefficient (Wildman–Crippen LogP) is 2.87. The van der Waals surface area contributed by atoms with Crippen LogP contribution >= 0.6 is 0 Å². The van der Waals surface area contributed by atoms with Crippen LogP contribution in [-0.2, 0) is 0 Å². The van der Waals surface area contributed by atoms with Gasteiger partial charge in [-0.15, -0.1) is 0 Å². The van der Waals surface area contributed by atoms with Gasteiger partial charge in [-0.3, -0.25) is 0 Å². The number of hydrogen-bond acceptors (Lipinski definition) is 2. The van der Waals surface area contributed by atoms with Crippen molar-refractivity contribution in [3.63, 3.8) is 0 Å². The van der Waals surface area contributed by atoms with Gasteiger partial charge >= 0.3 is 0 Å². The first-order valence-electron chi connectivity index (χ1n) is 6.62. The third-order valence-corrected chi connectivity index (χ3v) is 3.56. The molecule has 0 saturated heterocycles. The van der Waals surface area contributed by atoms with Crippen molar-refractivity contribution < 1.29 is 10.2 Å². The second-order valence-corrected chi connectivity index (χ2v) is 4.98. The molecule has 2 nitrogen and oxygen atoms in total. The fraction of sp³-hybridized carbons (Fsp3) is 1.00. The molecule has 2 aliphatic carbocycles. The molecule has 0 amide bonds. The lowest BCUT2D eigenvalue weighted by Crippen LogP contribution is -2.09. The molecule has 0 heterocycles. The Morgan fingerprint density at radius 2 is 1.20 bits per heavy atom. The molecule has 2 rings (SSSR count). The van der Waals surface area contributed by atoms with Crippen molar-refractivity contribution in [2.75, 3.05) is 6.61 Å². The summed E-state index contributed by atoms with van der Waals surface area (Å²) in [5, 5.41) is 17.6. The Bertz CT molecular complexity index is 135. The minimum absolute atomic E-state index is 0.0359. The lowest BCUT2D eigenvalue weighted by atomic mass is 9.90. The molecule has 0 atom stereocenters. The molecule has 0 aliphatic heterocycles. The molecule has 0 bridgehead atoms. The Hall–Kier alpha value is -0.0800. The summed E-state index contributed by atoms with van der Waals surface area (Å²) < 4.78 is 0. The highest BCUT2D eigenvalue weighted by molar-refractivity contribution is 4.63. The van der Waals surface area contributed by atoms with Crippen LogP contribution in [0.2, 0.25) is 0 Å². The molecule has 0 spiro atoms. The molecule has 2 heteroatoms. The molecule has 0 radical (unpaired) electrons. The van der Waals surface area contributed by atoms with Crippen LogP contribution in [-0.4, -0.2) is 22.9 Å². The third-order valence-electron chi connectivity index (χ3n) is 3.56. The highest BCUT2D eigenvalue weighted by Crippen LogP contribution is 2.22. The van der Waals surface area contributed by atoms with Gasteiger partial charge in [0.15, 0.2) is 0 Å². The van der Waals surface area contributed by atoms with E-state index in [1.165, 1.54) is 51.4 Å². The summed E-state index contributed by atoms with van der Waals surface area (Å²) in [5.41, 5.74) is 0. The zero-order chi connectivity index (χ0) is 10.9. The average Bonchev–Trinajstić information content (AvgIpc) is 2.32. The van der Waals surface area contributed by atoms with E-state index in [0.29, 0.717) is 12.5 Å². The van der Waals surface area contributed by atoms with Gasteiger partial charge in [-0.2, -0.15) is 0 Å². The minimum Gasteiger partial charge on any atom is -0.396 e. The maximum absolute atomic E-state index is 8.91. The largest absolute Gasteiger partial charge is 0.396 e. The predicted molar refractivity (Wildman–Crippen MR) is 62.8 cm³/mol. The van der Waals surface area contributed by atoms with Gasteiger partial charge in [0.1, 0.15) is 0 Å². The maximum Gasteiger partial charge on any atom is 0.0540 e. The first-order valence-corrected chi connectivity index (χ1v) is 6.62. The van der Waals surface area contributed by atoms with Crippen LogP contribution in [0.3, 0.4) is 0 Å². The monoisotopic (exact) mass is 214 g/mol. The molecule has 0 aromatic rings. The summed E-state index contributed by atoms with van der Waals surface area (Å²) >= 11 is 0. The van der Waals surface area contributed by atoms with Gasteiger partial charge in [-0.1, -0.05) is 38.5 Å². The van der Waals surface area contributed by atoms with Gasteiger partial charge < -0.3 is 10.2 Å². The molecule has 0 unspecified atom stereocenters. The second kappa shape index (κ2) is 8.12. The summed E-state index contributed by atoms with van der Waals surface area (Å²) in [7, 11) is 0. The Kier molecular flexibility index (Phi) is 7.03. The van der Waals surface area contributed by atoms with E-state index in [1.54, 1.807) is 0 Å². The van der Waals surface area contributed by atoms with Crippen LogP contribution in [0.5, 0.6) is 0 Å². The molecule has 0 aromatic heterocycles. The Morgan fingerprint density at radius 3 is 1.47 bits per heavy atom. The lowest BCUT2D eigenvalue weighted by molar-refractivity contribution is 0.130. The lowest BCUT2D eigenvalue weighted by Gasteiger charge is -2.18. The van der Waals surface area contributed by atoms with Crippen molar-refractivity contribution in [1.29, 1.82) is 0 Å². The van der Waals surface area contributed by atoms with Gasteiger partial charge in [0.2, 0.25) is 0 Å². The van der Waals surface area contributed by atoms with Gasteiger partial charge in [-0.05, 0) is 31.6 Å². The Labute approximate surface area is 93.7 Å². The van der Waals surface area contributed by atoms with Crippen molar-refractivity contribution in [2.45, 2.75) is 70.3 Å². The van der Waals surface area contributed by atoms with E-state index in [-0.39, 0.29) is 6.10 Å². The summed E-state index contributed by atoms with van der Waals surface area (Å²) in [6.45, 7) is 0.417. The van der Waals surface area contributed by atoms with Crippen LogP contribution in [0.25, 0.3) is 0 Å². The summed E-state index contributed by atoms with van der Waals surface area (Å²) in [5.74, 6) is 0.642. The Balaban J connectivity index is 0.000000151. The van der Waals surface area contributed by atoms with Crippen LogP contribution in [0.15, 0.2) is 0 Å². The summed E-state index contributed by atoms with van der Waals surface area (Å²) in [6, 6.07) is 0. The molecule has 0 aromatic carbocycles. The van der Waals surface area contributed by atoms with Gasteiger partial charge in [0.05, 0.1) is 6.10 Å². The zero-order valence-corrected chi connectivity index (χ0v) is 9.83. The molecular weight excluding hydrogens is 188 g/mol. The average molecular weight is 214 g/mol. The molecular formula is C13H26O2. The highest BCUT2D eigenvalue weighted by Gasteiger charge is 2.10. The quantitative estimate of drug-likeness (QED) is 0.704. The molecule has 2 N–H and O–H groups in total. The molecule has 2 saturated carbocycles. The molecule has 15 heavy (non-hydrogen) atoms. The third kappa shape index (κ3) is 6.16. The van der Waals surface area contributed by atoms with Crippen LogP contribution in [0.1, 0.15) is 64.2 Å². The van der Waals surface area contributed by atoms with Crippen molar-refractivity contribution in [3.8, 4) is 0 Å². The normalized spacial score (nSPS) is 24.4. The minimum atomic E-state index is 0.0359. The van der Waals surface area contributed by atoms with Crippen molar-refractivity contribution in [3.05, 3.63) is 0 Å². The standard InChI is InChI=1S/C7H14O.C6H12O/c8-6-7-4-2-1-3-5-7;7-6-4-2-1-3-5-6/h7-8H,1-6H2;6-7H,1-5H2. The van der Waals surface area contributed by atoms with E-state index in [0.717, 1.165) is 12.8 Å². The fourth-order valence-electron chi connectivity index (χ4n) is 2.45. The molecule has 2 fully saturated rings. The van der Waals surface area contributed by atoms with Crippen LogP contribution in [0.4, 0.5) is 0 Å². The van der Waals surface area contributed by atoms with E-state index < -0.39 is 0 Å². The topological polar surface area (TPSA) is 40.5 Å². The van der Waals surface area contributed by atoms with Gasteiger partial charge in [-0.25, -0.2) is 0 Å². The van der Waals surface area contributed by atoms with E-state index >= 15 is 0 Å². The molecule has 2 aliphatic rings. The number of aliphatic hydroxyl groups excluding tert-OH is 2. The molecule has 90 valence electrons.